The summed E-state index contributed by atoms with van der Waals surface area (Å²) in [5.74, 6) is 2.35. The lowest BCUT2D eigenvalue weighted by Crippen LogP contribution is -2.14. The van der Waals surface area contributed by atoms with Gasteiger partial charge in [-0.05, 0) is 49.4 Å². The first-order valence-electron chi connectivity index (χ1n) is 7.84. The highest BCUT2D eigenvalue weighted by Gasteiger charge is 2.16. The molecule has 0 fully saturated rings. The Hall–Kier alpha value is -0.260. The zero-order valence-corrected chi connectivity index (χ0v) is 14.1. The smallest absolute Gasteiger partial charge is 0.0231 e. The van der Waals surface area contributed by atoms with Crippen molar-refractivity contribution in [3.63, 3.8) is 0 Å². The molecule has 0 aliphatic rings. The van der Waals surface area contributed by atoms with E-state index in [9.17, 15) is 0 Å². The van der Waals surface area contributed by atoms with Crippen molar-refractivity contribution in [2.24, 2.45) is 23.2 Å². The Balaban J connectivity index is 4.16. The van der Waals surface area contributed by atoms with E-state index in [0.29, 0.717) is 5.41 Å². The van der Waals surface area contributed by atoms with Crippen LogP contribution < -0.4 is 0 Å². The van der Waals surface area contributed by atoms with Gasteiger partial charge in [-0.15, -0.1) is 0 Å². The number of hydrogen-bond acceptors (Lipinski definition) is 0. The van der Waals surface area contributed by atoms with Gasteiger partial charge in [-0.25, -0.2) is 0 Å². The van der Waals surface area contributed by atoms with Crippen molar-refractivity contribution >= 4 is 0 Å². The molecule has 108 valence electrons. The molecule has 18 heavy (non-hydrogen) atoms. The summed E-state index contributed by atoms with van der Waals surface area (Å²) >= 11 is 0. The Labute approximate surface area is 116 Å². The Morgan fingerprint density at radius 2 is 1.67 bits per heavy atom. The molecule has 0 amide bonds. The van der Waals surface area contributed by atoms with Crippen molar-refractivity contribution in [2.45, 2.75) is 81.1 Å². The summed E-state index contributed by atoms with van der Waals surface area (Å²) in [4.78, 5) is 0. The largest absolute Gasteiger partial charge is 0.0825 e. The van der Waals surface area contributed by atoms with E-state index in [1.54, 1.807) is 5.57 Å². The summed E-state index contributed by atoms with van der Waals surface area (Å²) in [6.45, 7) is 18.8. The van der Waals surface area contributed by atoms with Crippen LogP contribution in [0.1, 0.15) is 81.1 Å². The molecule has 0 rings (SSSR count). The molecule has 0 saturated heterocycles. The molecule has 0 heteroatoms. The molecule has 0 aromatic heterocycles. The molecule has 0 aromatic carbocycles. The van der Waals surface area contributed by atoms with Gasteiger partial charge in [0.2, 0.25) is 0 Å². The van der Waals surface area contributed by atoms with Gasteiger partial charge in [0.25, 0.3) is 0 Å². The van der Waals surface area contributed by atoms with E-state index in [0.717, 1.165) is 17.8 Å². The van der Waals surface area contributed by atoms with Gasteiger partial charge in [-0.3, -0.25) is 0 Å². The first kappa shape index (κ1) is 17.7. The lowest BCUT2D eigenvalue weighted by atomic mass is 9.82. The predicted molar refractivity (Wildman–Crippen MR) is 84.8 cm³/mol. The number of allylic oxidation sites excluding steroid dienone is 2. The van der Waals surface area contributed by atoms with Gasteiger partial charge in [-0.1, -0.05) is 66.5 Å². The fourth-order valence-electron chi connectivity index (χ4n) is 2.47. The highest BCUT2D eigenvalue weighted by atomic mass is 14.2. The van der Waals surface area contributed by atoms with E-state index in [2.05, 4.69) is 61.5 Å². The van der Waals surface area contributed by atoms with Crippen LogP contribution in [0.2, 0.25) is 0 Å². The average molecular weight is 252 g/mol. The van der Waals surface area contributed by atoms with Crippen LogP contribution in [-0.2, 0) is 0 Å². The van der Waals surface area contributed by atoms with E-state index >= 15 is 0 Å². The van der Waals surface area contributed by atoms with Gasteiger partial charge >= 0.3 is 0 Å². The first-order valence-corrected chi connectivity index (χ1v) is 7.84. The predicted octanol–water partition coefficient (Wildman–Crippen LogP) is 6.47. The van der Waals surface area contributed by atoms with Crippen molar-refractivity contribution in [1.29, 1.82) is 0 Å². The highest BCUT2D eigenvalue weighted by Crippen LogP contribution is 2.27. The molecule has 0 aromatic rings. The van der Waals surface area contributed by atoms with Crippen LogP contribution in [0, 0.1) is 23.2 Å². The van der Waals surface area contributed by atoms with E-state index in [-0.39, 0.29) is 0 Å². The molecule has 0 spiro atoms. The summed E-state index contributed by atoms with van der Waals surface area (Å²) in [5.41, 5.74) is 2.07. The average Bonchev–Trinajstić information content (AvgIpc) is 2.24. The van der Waals surface area contributed by atoms with E-state index in [4.69, 9.17) is 0 Å². The molecule has 0 aliphatic carbocycles. The van der Waals surface area contributed by atoms with Gasteiger partial charge in [0.15, 0.2) is 0 Å². The van der Waals surface area contributed by atoms with Gasteiger partial charge in [0.05, 0.1) is 0 Å². The van der Waals surface area contributed by atoms with Crippen LogP contribution >= 0.6 is 0 Å². The summed E-state index contributed by atoms with van der Waals surface area (Å²) < 4.78 is 0. The minimum atomic E-state index is 0.482. The monoisotopic (exact) mass is 252 g/mol. The molecular weight excluding hydrogens is 216 g/mol. The normalized spacial score (nSPS) is 18.6. The molecule has 3 unspecified atom stereocenters. The van der Waals surface area contributed by atoms with Crippen molar-refractivity contribution in [3.8, 4) is 0 Å². The number of rotatable bonds is 7. The molecular formula is C18H36. The fraction of sp³-hybridized carbons (Fsp3) is 0.889. The third kappa shape index (κ3) is 7.95. The maximum absolute atomic E-state index is 2.51. The second kappa shape index (κ2) is 8.02. The SMILES string of the molecule is CCC(C)C(C)C(C)C=C(C)CCCC(C)(C)C. The molecule has 0 N–H and O–H groups in total. The molecule has 0 nitrogen and oxygen atoms in total. The standard InChI is InChI=1S/C18H36/c1-9-15(3)17(5)16(4)13-14(2)11-10-12-18(6,7)8/h13,15-17H,9-12H2,1-8H3. The fourth-order valence-corrected chi connectivity index (χ4v) is 2.47. The molecule has 3 atom stereocenters. The van der Waals surface area contributed by atoms with Gasteiger partial charge < -0.3 is 0 Å². The van der Waals surface area contributed by atoms with Crippen molar-refractivity contribution in [2.75, 3.05) is 0 Å². The van der Waals surface area contributed by atoms with E-state index in [1.807, 2.05) is 0 Å². The number of hydrogen-bond donors (Lipinski definition) is 0. The lowest BCUT2D eigenvalue weighted by molar-refractivity contribution is 0.310. The topological polar surface area (TPSA) is 0 Å². The third-order valence-electron chi connectivity index (χ3n) is 4.42. The van der Waals surface area contributed by atoms with Crippen molar-refractivity contribution < 1.29 is 0 Å². The van der Waals surface area contributed by atoms with Gasteiger partial charge in [-0.2, -0.15) is 0 Å². The van der Waals surface area contributed by atoms with Crippen molar-refractivity contribution in [3.05, 3.63) is 11.6 Å². The molecule has 0 heterocycles. The molecule has 0 saturated carbocycles. The quantitative estimate of drug-likeness (QED) is 0.456. The zero-order valence-electron chi connectivity index (χ0n) is 14.1. The Morgan fingerprint density at radius 3 is 2.11 bits per heavy atom. The van der Waals surface area contributed by atoms with Crippen LogP contribution in [0.4, 0.5) is 0 Å². The first-order chi connectivity index (χ1) is 8.17. The summed E-state index contributed by atoms with van der Waals surface area (Å²) in [6, 6.07) is 0. The Morgan fingerprint density at radius 1 is 1.11 bits per heavy atom. The third-order valence-corrected chi connectivity index (χ3v) is 4.42. The maximum atomic E-state index is 2.51. The maximum Gasteiger partial charge on any atom is -0.0231 e. The van der Waals surface area contributed by atoms with Crippen LogP contribution in [0.25, 0.3) is 0 Å². The molecule has 0 radical (unpaired) electrons. The second-order valence-electron chi connectivity index (χ2n) is 7.53. The Kier molecular flexibility index (Phi) is 7.90. The summed E-state index contributed by atoms with van der Waals surface area (Å²) in [5, 5.41) is 0. The van der Waals surface area contributed by atoms with Gasteiger partial charge in [0.1, 0.15) is 0 Å². The summed E-state index contributed by atoms with van der Waals surface area (Å²) in [7, 11) is 0. The molecule has 0 bridgehead atoms. The van der Waals surface area contributed by atoms with E-state index < -0.39 is 0 Å². The lowest BCUT2D eigenvalue weighted by Gasteiger charge is -2.24. The van der Waals surface area contributed by atoms with Gasteiger partial charge in [0, 0.05) is 0 Å². The van der Waals surface area contributed by atoms with Crippen LogP contribution in [-0.4, -0.2) is 0 Å². The minimum Gasteiger partial charge on any atom is -0.0825 e. The van der Waals surface area contributed by atoms with Crippen LogP contribution in [0.5, 0.6) is 0 Å². The van der Waals surface area contributed by atoms with Crippen LogP contribution in [0.15, 0.2) is 11.6 Å². The zero-order chi connectivity index (χ0) is 14.3. The second-order valence-corrected chi connectivity index (χ2v) is 7.53. The summed E-state index contributed by atoms with van der Waals surface area (Å²) in [6.07, 6.45) is 7.74. The Bertz CT molecular complexity index is 241. The highest BCUT2D eigenvalue weighted by molar-refractivity contribution is 5.01. The molecule has 0 aliphatic heterocycles. The minimum absolute atomic E-state index is 0.482. The van der Waals surface area contributed by atoms with Crippen LogP contribution in [0.3, 0.4) is 0 Å². The van der Waals surface area contributed by atoms with E-state index in [1.165, 1.54) is 25.7 Å². The van der Waals surface area contributed by atoms with Crippen molar-refractivity contribution in [1.82, 2.24) is 0 Å².